The third-order valence-corrected chi connectivity index (χ3v) is 7.93. The van der Waals surface area contributed by atoms with Gasteiger partial charge in [0.15, 0.2) is 5.03 Å². The molecule has 0 spiro atoms. The zero-order valence-corrected chi connectivity index (χ0v) is 18.8. The van der Waals surface area contributed by atoms with Crippen molar-refractivity contribution in [1.82, 2.24) is 15.1 Å². The lowest BCUT2D eigenvalue weighted by Crippen LogP contribution is -2.31. The molecule has 0 bridgehead atoms. The number of aromatic amines is 1. The fourth-order valence-electron chi connectivity index (χ4n) is 4.50. The van der Waals surface area contributed by atoms with Crippen molar-refractivity contribution >= 4 is 31.5 Å². The largest absolute Gasteiger partial charge is 0.491 e. The van der Waals surface area contributed by atoms with Crippen LogP contribution in [0.1, 0.15) is 25.7 Å². The summed E-state index contributed by atoms with van der Waals surface area (Å²) in [5, 5.41) is 9.32. The number of hydrogen-bond acceptors (Lipinski definition) is 5. The Kier molecular flexibility index (Phi) is 5.85. The number of nitrogens with zero attached hydrogens (tertiary/aromatic N) is 2. The summed E-state index contributed by atoms with van der Waals surface area (Å²) >= 11 is 0. The normalized spacial score (nSPS) is 15.4. The van der Waals surface area contributed by atoms with Gasteiger partial charge in [-0.05, 0) is 55.9 Å². The first-order valence-corrected chi connectivity index (χ1v) is 12.7. The molecule has 6 nitrogen and oxygen atoms in total. The van der Waals surface area contributed by atoms with Crippen LogP contribution in [0.2, 0.25) is 0 Å². The Bertz CT molecular complexity index is 1340. The van der Waals surface area contributed by atoms with Crippen LogP contribution in [0.25, 0.3) is 21.7 Å². The van der Waals surface area contributed by atoms with E-state index in [-0.39, 0.29) is 9.92 Å². The van der Waals surface area contributed by atoms with Crippen LogP contribution in [-0.4, -0.2) is 49.8 Å². The van der Waals surface area contributed by atoms with E-state index >= 15 is 0 Å². The molecule has 0 saturated carbocycles. The molecule has 166 valence electrons. The lowest BCUT2D eigenvalue weighted by molar-refractivity contribution is 0.205. The quantitative estimate of drug-likeness (QED) is 0.410. The number of para-hydroxylation sites is 1. The Balaban J connectivity index is 1.40. The SMILES string of the molecule is O=S(=O)(c1cccc2ccccc12)c1[nH]nc2c(OCCCN3CCCCC3)cccc12. The molecule has 0 atom stereocenters. The molecule has 32 heavy (non-hydrogen) atoms. The van der Waals surface area contributed by atoms with E-state index in [1.807, 2.05) is 42.5 Å². The average Bonchev–Trinajstić information content (AvgIpc) is 3.28. The van der Waals surface area contributed by atoms with Gasteiger partial charge in [-0.15, -0.1) is 0 Å². The zero-order chi connectivity index (χ0) is 22.0. The van der Waals surface area contributed by atoms with Gasteiger partial charge in [0, 0.05) is 17.3 Å². The zero-order valence-electron chi connectivity index (χ0n) is 18.0. The van der Waals surface area contributed by atoms with Gasteiger partial charge in [0.2, 0.25) is 9.84 Å². The van der Waals surface area contributed by atoms with E-state index in [0.29, 0.717) is 28.6 Å². The fraction of sp³-hybridized carbons (Fsp3) is 0.320. The number of H-pyrrole nitrogens is 1. The molecule has 2 heterocycles. The van der Waals surface area contributed by atoms with Crippen molar-refractivity contribution < 1.29 is 13.2 Å². The monoisotopic (exact) mass is 449 g/mol. The molecule has 0 aliphatic carbocycles. The van der Waals surface area contributed by atoms with Crippen molar-refractivity contribution in [3.8, 4) is 5.75 Å². The van der Waals surface area contributed by atoms with Crippen LogP contribution in [0.15, 0.2) is 70.6 Å². The van der Waals surface area contributed by atoms with Gasteiger partial charge in [0.25, 0.3) is 0 Å². The number of aromatic nitrogens is 2. The van der Waals surface area contributed by atoms with Crippen LogP contribution in [0, 0.1) is 0 Å². The van der Waals surface area contributed by atoms with Gasteiger partial charge < -0.3 is 9.64 Å². The molecule has 3 aromatic carbocycles. The third-order valence-electron chi connectivity index (χ3n) is 6.15. The number of ether oxygens (including phenoxy) is 1. The predicted molar refractivity (Wildman–Crippen MR) is 126 cm³/mol. The van der Waals surface area contributed by atoms with E-state index < -0.39 is 9.84 Å². The Morgan fingerprint density at radius 2 is 1.66 bits per heavy atom. The molecule has 1 aliphatic rings. The first-order chi connectivity index (χ1) is 15.6. The number of rotatable bonds is 7. The summed E-state index contributed by atoms with van der Waals surface area (Å²) in [7, 11) is -3.79. The molecular formula is C25H27N3O3S. The van der Waals surface area contributed by atoms with Crippen molar-refractivity contribution in [1.29, 1.82) is 0 Å². The summed E-state index contributed by atoms with van der Waals surface area (Å²) in [5.74, 6) is 0.608. The number of nitrogens with one attached hydrogen (secondary N) is 1. The van der Waals surface area contributed by atoms with Crippen LogP contribution >= 0.6 is 0 Å². The molecule has 1 aromatic heterocycles. The molecular weight excluding hydrogens is 422 g/mol. The topological polar surface area (TPSA) is 75.3 Å². The Labute approximate surface area is 188 Å². The molecule has 7 heteroatoms. The summed E-state index contributed by atoms with van der Waals surface area (Å²) in [6, 6.07) is 18.3. The van der Waals surface area contributed by atoms with E-state index in [9.17, 15) is 8.42 Å². The Hall–Kier alpha value is -2.90. The van der Waals surface area contributed by atoms with E-state index in [2.05, 4.69) is 15.1 Å². The van der Waals surface area contributed by atoms with Crippen molar-refractivity contribution in [2.45, 2.75) is 35.6 Å². The Morgan fingerprint density at radius 1 is 0.906 bits per heavy atom. The predicted octanol–water partition coefficient (Wildman–Crippen LogP) is 4.80. The molecule has 4 aromatic rings. The van der Waals surface area contributed by atoms with Crippen LogP contribution in [-0.2, 0) is 9.84 Å². The highest BCUT2D eigenvalue weighted by Gasteiger charge is 2.26. The molecule has 5 rings (SSSR count). The summed E-state index contributed by atoms with van der Waals surface area (Å²) in [6.45, 7) is 3.94. The maximum atomic E-state index is 13.6. The van der Waals surface area contributed by atoms with Crippen LogP contribution in [0.3, 0.4) is 0 Å². The van der Waals surface area contributed by atoms with Gasteiger partial charge in [-0.25, -0.2) is 8.42 Å². The molecule has 1 saturated heterocycles. The van der Waals surface area contributed by atoms with Gasteiger partial charge in [-0.3, -0.25) is 5.10 Å². The number of fused-ring (bicyclic) bond motifs is 2. The van der Waals surface area contributed by atoms with Crippen LogP contribution in [0.5, 0.6) is 5.75 Å². The van der Waals surface area contributed by atoms with E-state index in [4.69, 9.17) is 4.74 Å². The lowest BCUT2D eigenvalue weighted by Gasteiger charge is -2.26. The van der Waals surface area contributed by atoms with Gasteiger partial charge >= 0.3 is 0 Å². The summed E-state index contributed by atoms with van der Waals surface area (Å²) in [6.07, 6.45) is 4.82. The molecule has 1 N–H and O–H groups in total. The van der Waals surface area contributed by atoms with Crippen molar-refractivity contribution in [2.24, 2.45) is 0 Å². The van der Waals surface area contributed by atoms with Crippen molar-refractivity contribution in [3.05, 3.63) is 60.7 Å². The summed E-state index contributed by atoms with van der Waals surface area (Å²) in [4.78, 5) is 2.76. The number of hydrogen-bond donors (Lipinski definition) is 1. The molecule has 0 amide bonds. The molecule has 1 aliphatic heterocycles. The minimum atomic E-state index is -3.79. The highest BCUT2D eigenvalue weighted by atomic mass is 32.2. The molecule has 1 fully saturated rings. The number of likely N-dealkylation sites (tertiary alicyclic amines) is 1. The van der Waals surface area contributed by atoms with Gasteiger partial charge in [-0.1, -0.05) is 48.9 Å². The Morgan fingerprint density at radius 3 is 2.53 bits per heavy atom. The van der Waals surface area contributed by atoms with Gasteiger partial charge in [0.1, 0.15) is 11.3 Å². The second-order valence-corrected chi connectivity index (χ2v) is 10.1. The maximum Gasteiger partial charge on any atom is 0.224 e. The lowest BCUT2D eigenvalue weighted by atomic mass is 10.1. The van der Waals surface area contributed by atoms with Gasteiger partial charge in [0.05, 0.1) is 11.5 Å². The molecule has 0 radical (unpaired) electrons. The van der Waals surface area contributed by atoms with Crippen molar-refractivity contribution in [3.63, 3.8) is 0 Å². The minimum absolute atomic E-state index is 0.0996. The first kappa shape index (κ1) is 21.0. The summed E-state index contributed by atoms with van der Waals surface area (Å²) in [5.41, 5.74) is 0.546. The smallest absolute Gasteiger partial charge is 0.224 e. The number of piperidine rings is 1. The van der Waals surface area contributed by atoms with E-state index in [1.165, 1.54) is 32.4 Å². The first-order valence-electron chi connectivity index (χ1n) is 11.2. The van der Waals surface area contributed by atoms with E-state index in [0.717, 1.165) is 18.4 Å². The maximum absolute atomic E-state index is 13.6. The van der Waals surface area contributed by atoms with Crippen molar-refractivity contribution in [2.75, 3.05) is 26.2 Å². The highest BCUT2D eigenvalue weighted by Crippen LogP contribution is 2.33. The second kappa shape index (κ2) is 8.92. The number of benzene rings is 3. The summed E-state index contributed by atoms with van der Waals surface area (Å²) < 4.78 is 33.1. The van der Waals surface area contributed by atoms with Crippen LogP contribution in [0.4, 0.5) is 0 Å². The third kappa shape index (κ3) is 3.98. The molecule has 0 unspecified atom stereocenters. The minimum Gasteiger partial charge on any atom is -0.491 e. The standard InChI is InChI=1S/C25H27N3O3S/c29-32(30,23-14-6-10-19-9-2-3-11-20(19)23)25-21-12-7-13-22(24(21)26-27-25)31-18-8-17-28-15-4-1-5-16-28/h2-3,6-7,9-14H,1,4-5,8,15-18H2,(H,26,27). The van der Waals surface area contributed by atoms with Crippen LogP contribution < -0.4 is 4.74 Å². The average molecular weight is 450 g/mol. The fourth-order valence-corrected chi connectivity index (χ4v) is 6.08. The second-order valence-electron chi connectivity index (χ2n) is 8.29. The van der Waals surface area contributed by atoms with E-state index in [1.54, 1.807) is 18.2 Å². The van der Waals surface area contributed by atoms with Gasteiger partial charge in [-0.2, -0.15) is 5.10 Å². The highest BCUT2D eigenvalue weighted by molar-refractivity contribution is 7.91. The number of sulfone groups is 1.